The molecule has 0 unspecified atom stereocenters. The molecule has 27 heavy (non-hydrogen) atoms. The lowest BCUT2D eigenvalue weighted by atomic mass is 10.0. The summed E-state index contributed by atoms with van der Waals surface area (Å²) in [5, 5.41) is 15.2. The number of ether oxygens (including phenoxy) is 1. The Kier molecular flexibility index (Phi) is 4.73. The van der Waals surface area contributed by atoms with Crippen molar-refractivity contribution >= 4 is 23.1 Å². The van der Waals surface area contributed by atoms with Crippen LogP contribution in [-0.4, -0.2) is 40.9 Å². The molecule has 1 aliphatic rings. The molecular formula is C20H20ClN5O. The Morgan fingerprint density at radius 3 is 2.78 bits per heavy atom. The largest absolute Gasteiger partial charge is 0.378 e. The molecule has 138 valence electrons. The zero-order chi connectivity index (χ0) is 19.0. The van der Waals surface area contributed by atoms with Gasteiger partial charge in [0, 0.05) is 30.6 Å². The molecule has 2 aromatic heterocycles. The number of nitriles is 1. The van der Waals surface area contributed by atoms with Crippen LogP contribution in [0.25, 0.3) is 5.65 Å². The molecule has 0 aliphatic carbocycles. The van der Waals surface area contributed by atoms with Crippen molar-refractivity contribution in [3.63, 3.8) is 0 Å². The van der Waals surface area contributed by atoms with E-state index < -0.39 is 0 Å². The van der Waals surface area contributed by atoms with Gasteiger partial charge in [-0.3, -0.25) is 0 Å². The third-order valence-corrected chi connectivity index (χ3v) is 5.47. The first-order valence-corrected chi connectivity index (χ1v) is 9.32. The molecule has 7 heteroatoms. The van der Waals surface area contributed by atoms with Crippen molar-refractivity contribution in [2.45, 2.75) is 20.3 Å². The summed E-state index contributed by atoms with van der Waals surface area (Å²) in [5.74, 6) is 0.781. The van der Waals surface area contributed by atoms with Crippen molar-refractivity contribution in [3.05, 3.63) is 57.4 Å². The van der Waals surface area contributed by atoms with E-state index in [9.17, 15) is 5.26 Å². The number of benzene rings is 1. The van der Waals surface area contributed by atoms with E-state index in [0.29, 0.717) is 30.8 Å². The molecule has 0 amide bonds. The summed E-state index contributed by atoms with van der Waals surface area (Å²) in [6.07, 6.45) is 0.657. The van der Waals surface area contributed by atoms with Crippen molar-refractivity contribution in [2.75, 3.05) is 31.2 Å². The van der Waals surface area contributed by atoms with Crippen molar-refractivity contribution < 1.29 is 4.74 Å². The van der Waals surface area contributed by atoms with E-state index in [1.54, 1.807) is 0 Å². The molecule has 3 aromatic rings. The number of rotatable bonds is 3. The minimum Gasteiger partial charge on any atom is -0.378 e. The molecule has 0 spiro atoms. The van der Waals surface area contributed by atoms with Gasteiger partial charge in [-0.1, -0.05) is 23.7 Å². The van der Waals surface area contributed by atoms with Crippen LogP contribution in [0.15, 0.2) is 24.3 Å². The lowest BCUT2D eigenvalue weighted by Gasteiger charge is -2.27. The van der Waals surface area contributed by atoms with Crippen LogP contribution < -0.4 is 4.90 Å². The smallest absolute Gasteiger partial charge is 0.172 e. The summed E-state index contributed by atoms with van der Waals surface area (Å²) in [7, 11) is 0. The number of anilines is 1. The van der Waals surface area contributed by atoms with Crippen molar-refractivity contribution in [3.8, 4) is 6.07 Å². The number of aryl methyl sites for hydroxylation is 1. The predicted molar refractivity (Wildman–Crippen MR) is 104 cm³/mol. The van der Waals surface area contributed by atoms with E-state index >= 15 is 0 Å². The quantitative estimate of drug-likeness (QED) is 0.696. The van der Waals surface area contributed by atoms with Gasteiger partial charge in [0.1, 0.15) is 11.6 Å². The number of aromatic nitrogens is 3. The Morgan fingerprint density at radius 2 is 2.04 bits per heavy atom. The first-order chi connectivity index (χ1) is 13.1. The highest BCUT2D eigenvalue weighted by Gasteiger charge is 2.20. The highest BCUT2D eigenvalue weighted by atomic mass is 35.5. The normalized spacial score (nSPS) is 14.5. The Morgan fingerprint density at radius 1 is 1.26 bits per heavy atom. The topological polar surface area (TPSA) is 66.5 Å². The van der Waals surface area contributed by atoms with E-state index in [2.05, 4.69) is 22.0 Å². The standard InChI is InChI=1S/C20H20ClN5O/c1-13-15(4-3-5-17(13)21)10-18-14(2)23-20-16(12-22)11-19(24-26(18)20)25-6-8-27-9-7-25/h3-5,11H,6-10H2,1-2H3. The van der Waals surface area contributed by atoms with E-state index in [4.69, 9.17) is 21.4 Å². The van der Waals surface area contributed by atoms with Gasteiger partial charge in [0.2, 0.25) is 0 Å². The summed E-state index contributed by atoms with van der Waals surface area (Å²) in [6, 6.07) is 10.0. The summed E-state index contributed by atoms with van der Waals surface area (Å²) < 4.78 is 7.25. The molecule has 1 aromatic carbocycles. The van der Waals surface area contributed by atoms with Gasteiger partial charge in [-0.05, 0) is 31.0 Å². The Bertz CT molecular complexity index is 1050. The molecule has 6 nitrogen and oxygen atoms in total. The highest BCUT2D eigenvalue weighted by molar-refractivity contribution is 6.31. The van der Waals surface area contributed by atoms with Gasteiger partial charge < -0.3 is 9.64 Å². The van der Waals surface area contributed by atoms with Crippen molar-refractivity contribution in [1.29, 1.82) is 5.26 Å². The van der Waals surface area contributed by atoms with Crippen LogP contribution in [0.2, 0.25) is 5.02 Å². The fourth-order valence-electron chi connectivity index (χ4n) is 3.41. The minimum absolute atomic E-state index is 0.531. The summed E-state index contributed by atoms with van der Waals surface area (Å²) in [6.45, 7) is 6.83. The molecule has 1 saturated heterocycles. The molecule has 0 bridgehead atoms. The second-order valence-electron chi connectivity index (χ2n) is 6.71. The molecule has 1 fully saturated rings. The molecule has 4 rings (SSSR count). The monoisotopic (exact) mass is 381 g/mol. The second kappa shape index (κ2) is 7.18. The van der Waals surface area contributed by atoms with Gasteiger partial charge in [0.25, 0.3) is 0 Å². The van der Waals surface area contributed by atoms with Gasteiger partial charge in [0.15, 0.2) is 11.5 Å². The lowest BCUT2D eigenvalue weighted by Crippen LogP contribution is -2.37. The molecule has 1 aliphatic heterocycles. The first-order valence-electron chi connectivity index (χ1n) is 8.94. The van der Waals surface area contributed by atoms with Crippen LogP contribution in [-0.2, 0) is 11.2 Å². The number of halogens is 1. The number of fused-ring (bicyclic) bond motifs is 1. The summed E-state index contributed by atoms with van der Waals surface area (Å²) in [5.41, 5.74) is 5.16. The maximum absolute atomic E-state index is 9.64. The van der Waals surface area contributed by atoms with E-state index in [-0.39, 0.29) is 0 Å². The van der Waals surface area contributed by atoms with E-state index in [0.717, 1.165) is 46.4 Å². The molecule has 0 radical (unpaired) electrons. The van der Waals surface area contributed by atoms with Crippen LogP contribution in [0.1, 0.15) is 28.1 Å². The van der Waals surface area contributed by atoms with Gasteiger partial charge in [-0.15, -0.1) is 5.10 Å². The third-order valence-electron chi connectivity index (χ3n) is 5.06. The van der Waals surface area contributed by atoms with Crippen LogP contribution in [0.5, 0.6) is 0 Å². The van der Waals surface area contributed by atoms with Gasteiger partial charge in [-0.25, -0.2) is 9.50 Å². The number of hydrogen-bond acceptors (Lipinski definition) is 5. The average molecular weight is 382 g/mol. The Balaban J connectivity index is 1.84. The van der Waals surface area contributed by atoms with Crippen molar-refractivity contribution in [1.82, 2.24) is 14.6 Å². The lowest BCUT2D eigenvalue weighted by molar-refractivity contribution is 0.122. The van der Waals surface area contributed by atoms with Gasteiger partial charge in [-0.2, -0.15) is 5.26 Å². The Hall–Kier alpha value is -2.62. The third kappa shape index (κ3) is 3.25. The van der Waals surface area contributed by atoms with E-state index in [1.165, 1.54) is 0 Å². The Labute approximate surface area is 162 Å². The van der Waals surface area contributed by atoms with Crippen LogP contribution >= 0.6 is 11.6 Å². The van der Waals surface area contributed by atoms with Crippen LogP contribution in [0, 0.1) is 25.2 Å². The van der Waals surface area contributed by atoms with Crippen molar-refractivity contribution in [2.24, 2.45) is 0 Å². The first kappa shape index (κ1) is 17.8. The highest BCUT2D eigenvalue weighted by Crippen LogP contribution is 2.25. The zero-order valence-corrected chi connectivity index (χ0v) is 16.1. The predicted octanol–water partition coefficient (Wildman–Crippen LogP) is 3.30. The summed E-state index contributed by atoms with van der Waals surface area (Å²) in [4.78, 5) is 6.77. The number of morpholine rings is 1. The zero-order valence-electron chi connectivity index (χ0n) is 15.4. The van der Waals surface area contributed by atoms with E-state index in [1.807, 2.05) is 36.6 Å². The summed E-state index contributed by atoms with van der Waals surface area (Å²) >= 11 is 6.29. The second-order valence-corrected chi connectivity index (χ2v) is 7.11. The minimum atomic E-state index is 0.531. The molecule has 0 saturated carbocycles. The van der Waals surface area contributed by atoms with Crippen LogP contribution in [0.4, 0.5) is 5.82 Å². The van der Waals surface area contributed by atoms with Gasteiger partial charge >= 0.3 is 0 Å². The fraction of sp³-hybridized carbons (Fsp3) is 0.350. The fourth-order valence-corrected chi connectivity index (χ4v) is 3.61. The number of hydrogen-bond donors (Lipinski definition) is 0. The molecular weight excluding hydrogens is 362 g/mol. The number of imidazole rings is 1. The van der Waals surface area contributed by atoms with Gasteiger partial charge in [0.05, 0.1) is 24.6 Å². The van der Waals surface area contributed by atoms with Crippen LogP contribution in [0.3, 0.4) is 0 Å². The maximum atomic E-state index is 9.64. The molecule has 0 atom stereocenters. The number of nitrogens with zero attached hydrogens (tertiary/aromatic N) is 5. The SMILES string of the molecule is Cc1nc2c(C#N)cc(N3CCOCC3)nn2c1Cc1cccc(Cl)c1C. The average Bonchev–Trinajstić information content (AvgIpc) is 3.00. The maximum Gasteiger partial charge on any atom is 0.172 e. The molecule has 0 N–H and O–H groups in total. The molecule has 3 heterocycles.